The summed E-state index contributed by atoms with van der Waals surface area (Å²) in [7, 11) is 0. The van der Waals surface area contributed by atoms with Crippen LogP contribution in [0.5, 0.6) is 0 Å². The topological polar surface area (TPSA) is 32.5 Å². The molecule has 2 aromatic carbocycles. The highest BCUT2D eigenvalue weighted by molar-refractivity contribution is 5.59. The molecule has 27 heavy (non-hydrogen) atoms. The van der Waals surface area contributed by atoms with Crippen molar-refractivity contribution in [2.24, 2.45) is 0 Å². The third-order valence-corrected chi connectivity index (χ3v) is 5.26. The number of aryl methyl sites for hydroxylation is 2. The minimum absolute atomic E-state index is 0.727. The summed E-state index contributed by atoms with van der Waals surface area (Å²) < 4.78 is 5.76. The van der Waals surface area contributed by atoms with Crippen LogP contribution in [-0.4, -0.2) is 41.0 Å². The summed E-state index contributed by atoms with van der Waals surface area (Å²) in [6.07, 6.45) is 1.81. The predicted octanol–water partition coefficient (Wildman–Crippen LogP) is 4.28. The lowest BCUT2D eigenvalue weighted by molar-refractivity contribution is 0.121. The van der Waals surface area contributed by atoms with Gasteiger partial charge in [0.05, 0.1) is 5.69 Å². The highest BCUT2D eigenvalue weighted by Crippen LogP contribution is 2.24. The van der Waals surface area contributed by atoms with Crippen molar-refractivity contribution in [1.82, 2.24) is 14.8 Å². The first-order chi connectivity index (χ1) is 13.2. The van der Waals surface area contributed by atoms with E-state index in [4.69, 9.17) is 9.40 Å². The summed E-state index contributed by atoms with van der Waals surface area (Å²) >= 11 is 0. The van der Waals surface area contributed by atoms with Crippen LogP contribution >= 0.6 is 0 Å². The highest BCUT2D eigenvalue weighted by Gasteiger charge is 2.19. The molecule has 0 amide bonds. The van der Waals surface area contributed by atoms with Crippen LogP contribution in [0.25, 0.3) is 11.5 Å². The number of piperazine rings is 1. The summed E-state index contributed by atoms with van der Waals surface area (Å²) in [5.74, 6) is 0.727. The minimum Gasteiger partial charge on any atom is -0.444 e. The Morgan fingerprint density at radius 2 is 1.59 bits per heavy atom. The molecule has 0 unspecified atom stereocenters. The molecule has 3 aromatic rings. The molecule has 0 aliphatic carbocycles. The fraction of sp³-hybridized carbons (Fsp3) is 0.348. The van der Waals surface area contributed by atoms with E-state index < -0.39 is 0 Å². The summed E-state index contributed by atoms with van der Waals surface area (Å²) in [4.78, 5) is 9.72. The van der Waals surface area contributed by atoms with Gasteiger partial charge in [0.25, 0.3) is 0 Å². The van der Waals surface area contributed by atoms with Crippen LogP contribution in [-0.2, 0) is 13.1 Å². The van der Waals surface area contributed by atoms with E-state index in [1.165, 1.54) is 16.7 Å². The fourth-order valence-electron chi connectivity index (χ4n) is 3.73. The number of hydrogen-bond acceptors (Lipinski definition) is 4. The smallest absolute Gasteiger partial charge is 0.226 e. The van der Waals surface area contributed by atoms with Gasteiger partial charge in [0.15, 0.2) is 0 Å². The van der Waals surface area contributed by atoms with Gasteiger partial charge in [-0.2, -0.15) is 0 Å². The Morgan fingerprint density at radius 3 is 2.30 bits per heavy atom. The molecule has 0 radical (unpaired) electrons. The molecular formula is C23H27N3O. The third-order valence-electron chi connectivity index (χ3n) is 5.26. The second-order valence-electron chi connectivity index (χ2n) is 7.50. The first-order valence-electron chi connectivity index (χ1n) is 9.68. The lowest BCUT2D eigenvalue weighted by Gasteiger charge is -2.34. The second-order valence-corrected chi connectivity index (χ2v) is 7.50. The van der Waals surface area contributed by atoms with Gasteiger partial charge >= 0.3 is 0 Å². The Bertz CT molecular complexity index is 880. The number of aromatic nitrogens is 1. The quantitative estimate of drug-likeness (QED) is 0.679. The lowest BCUT2D eigenvalue weighted by atomic mass is 10.1. The van der Waals surface area contributed by atoms with Crippen LogP contribution in [0.15, 0.2) is 59.2 Å². The average Bonchev–Trinajstić information content (AvgIpc) is 3.12. The average molecular weight is 361 g/mol. The molecule has 0 bridgehead atoms. The maximum Gasteiger partial charge on any atom is 0.226 e. The van der Waals surface area contributed by atoms with Gasteiger partial charge < -0.3 is 4.42 Å². The molecule has 4 nitrogen and oxygen atoms in total. The maximum absolute atomic E-state index is 5.76. The summed E-state index contributed by atoms with van der Waals surface area (Å²) in [5.41, 5.74) is 5.95. The van der Waals surface area contributed by atoms with E-state index in [-0.39, 0.29) is 0 Å². The Kier molecular flexibility index (Phi) is 5.37. The Labute approximate surface area is 161 Å². The van der Waals surface area contributed by atoms with Gasteiger partial charge in [-0.3, -0.25) is 9.80 Å². The van der Waals surface area contributed by atoms with Crippen LogP contribution in [0, 0.1) is 13.8 Å². The van der Waals surface area contributed by atoms with E-state index >= 15 is 0 Å². The van der Waals surface area contributed by atoms with Gasteiger partial charge in [0, 0.05) is 44.8 Å². The summed E-state index contributed by atoms with van der Waals surface area (Å²) in [6.45, 7) is 10.4. The number of nitrogens with zero attached hydrogens (tertiary/aromatic N) is 3. The molecule has 0 spiro atoms. The van der Waals surface area contributed by atoms with Crippen molar-refractivity contribution in [3.05, 3.63) is 77.2 Å². The molecule has 1 saturated heterocycles. The molecule has 1 aliphatic rings. The van der Waals surface area contributed by atoms with E-state index in [9.17, 15) is 0 Å². The molecule has 2 heterocycles. The first-order valence-corrected chi connectivity index (χ1v) is 9.68. The number of hydrogen-bond donors (Lipinski definition) is 0. The number of oxazole rings is 1. The Hall–Kier alpha value is -2.43. The second kappa shape index (κ2) is 8.07. The zero-order valence-corrected chi connectivity index (χ0v) is 16.2. The van der Waals surface area contributed by atoms with Crippen LogP contribution in [0.2, 0.25) is 0 Å². The Balaban J connectivity index is 1.32. The van der Waals surface area contributed by atoms with Gasteiger partial charge in [-0.05, 0) is 31.0 Å². The molecular weight excluding hydrogens is 334 g/mol. The van der Waals surface area contributed by atoms with Gasteiger partial charge in [-0.25, -0.2) is 4.98 Å². The third kappa shape index (κ3) is 4.46. The molecule has 0 saturated carbocycles. The van der Waals surface area contributed by atoms with Crippen molar-refractivity contribution < 1.29 is 4.42 Å². The standard InChI is InChI=1S/C23H27N3O/c1-18-8-9-22(19(2)14-18)23-24-21(17-27-23)16-26-12-10-25(11-13-26)15-20-6-4-3-5-7-20/h3-9,14,17H,10-13,15-16H2,1-2H3. The largest absolute Gasteiger partial charge is 0.444 e. The number of benzene rings is 2. The van der Waals surface area contributed by atoms with Crippen LogP contribution in [0.4, 0.5) is 0 Å². The van der Waals surface area contributed by atoms with Crippen molar-refractivity contribution in [1.29, 1.82) is 0 Å². The SMILES string of the molecule is Cc1ccc(-c2nc(CN3CCN(Cc4ccccc4)CC3)co2)c(C)c1. The molecule has 4 heteroatoms. The first kappa shape index (κ1) is 18.0. The van der Waals surface area contributed by atoms with Crippen molar-refractivity contribution in [2.75, 3.05) is 26.2 Å². The van der Waals surface area contributed by atoms with Crippen LogP contribution in [0.1, 0.15) is 22.4 Å². The summed E-state index contributed by atoms with van der Waals surface area (Å²) in [5, 5.41) is 0. The summed E-state index contributed by atoms with van der Waals surface area (Å²) in [6, 6.07) is 17.1. The van der Waals surface area contributed by atoms with Crippen LogP contribution in [0.3, 0.4) is 0 Å². The number of rotatable bonds is 5. The van der Waals surface area contributed by atoms with E-state index in [0.29, 0.717) is 0 Å². The molecule has 140 valence electrons. The van der Waals surface area contributed by atoms with E-state index in [1.54, 1.807) is 0 Å². The minimum atomic E-state index is 0.727. The molecule has 0 N–H and O–H groups in total. The molecule has 1 fully saturated rings. The van der Waals surface area contributed by atoms with Crippen LogP contribution < -0.4 is 0 Å². The maximum atomic E-state index is 5.76. The zero-order valence-electron chi connectivity index (χ0n) is 16.2. The Morgan fingerprint density at radius 1 is 0.889 bits per heavy atom. The normalized spacial score (nSPS) is 15.9. The van der Waals surface area contributed by atoms with Crippen molar-refractivity contribution >= 4 is 0 Å². The van der Waals surface area contributed by atoms with Gasteiger partial charge in [-0.15, -0.1) is 0 Å². The monoisotopic (exact) mass is 361 g/mol. The molecule has 1 aromatic heterocycles. The molecule has 0 atom stereocenters. The molecule has 1 aliphatic heterocycles. The van der Waals surface area contributed by atoms with Gasteiger partial charge in [-0.1, -0.05) is 48.0 Å². The molecule has 4 rings (SSSR count). The van der Waals surface area contributed by atoms with Crippen molar-refractivity contribution in [2.45, 2.75) is 26.9 Å². The van der Waals surface area contributed by atoms with E-state index in [1.807, 2.05) is 6.26 Å². The predicted molar refractivity (Wildman–Crippen MR) is 108 cm³/mol. The highest BCUT2D eigenvalue weighted by atomic mass is 16.3. The zero-order chi connectivity index (χ0) is 18.6. The fourth-order valence-corrected chi connectivity index (χ4v) is 3.73. The van der Waals surface area contributed by atoms with Gasteiger partial charge in [0.2, 0.25) is 5.89 Å². The van der Waals surface area contributed by atoms with E-state index in [0.717, 1.165) is 56.4 Å². The van der Waals surface area contributed by atoms with E-state index in [2.05, 4.69) is 72.2 Å². The lowest BCUT2D eigenvalue weighted by Crippen LogP contribution is -2.45. The van der Waals surface area contributed by atoms with Crippen molar-refractivity contribution in [3.8, 4) is 11.5 Å². The van der Waals surface area contributed by atoms with Gasteiger partial charge in [0.1, 0.15) is 6.26 Å². The van der Waals surface area contributed by atoms with Crippen molar-refractivity contribution in [3.63, 3.8) is 0 Å².